The molecule has 0 aliphatic heterocycles. The number of ether oxygens (including phenoxy) is 1. The smallest absolute Gasteiger partial charge is 0.405 e. The van der Waals surface area contributed by atoms with E-state index in [9.17, 15) is 18.0 Å². The van der Waals surface area contributed by atoms with Gasteiger partial charge in [-0.3, -0.25) is 4.79 Å². The second kappa shape index (κ2) is 5.73. The highest BCUT2D eigenvalue weighted by Gasteiger charge is 2.29. The van der Waals surface area contributed by atoms with Gasteiger partial charge in [0, 0.05) is 0 Å². The number of hydrogen-bond donors (Lipinski definition) is 1. The molecule has 20 heavy (non-hydrogen) atoms. The third kappa shape index (κ3) is 3.88. The highest BCUT2D eigenvalue weighted by atomic mass is 19.4. The van der Waals surface area contributed by atoms with E-state index in [1.807, 2.05) is 12.1 Å². The number of rotatable bonds is 4. The maximum absolute atomic E-state index is 12.0. The Bertz CT molecular complexity index is 500. The van der Waals surface area contributed by atoms with E-state index in [0.717, 1.165) is 19.3 Å². The molecule has 0 fully saturated rings. The molecule has 1 amide bonds. The molecule has 1 N–H and O–H groups in total. The van der Waals surface area contributed by atoms with Crippen LogP contribution < -0.4 is 10.1 Å². The molecule has 1 unspecified atom stereocenters. The molecule has 1 atom stereocenters. The number of benzene rings is 1. The van der Waals surface area contributed by atoms with E-state index in [1.54, 1.807) is 11.4 Å². The second-order valence-corrected chi connectivity index (χ2v) is 4.88. The number of hydrogen-bond acceptors (Lipinski definition) is 2. The lowest BCUT2D eigenvalue weighted by atomic mass is 10.1. The Morgan fingerprint density at radius 2 is 2.05 bits per heavy atom. The minimum absolute atomic E-state index is 0.514. The molecular formula is C14H16F3NO2. The molecule has 110 valence electrons. The molecule has 0 spiro atoms. The van der Waals surface area contributed by atoms with Crippen LogP contribution in [0.25, 0.3) is 0 Å². The quantitative estimate of drug-likeness (QED) is 0.924. The number of halogens is 3. The van der Waals surface area contributed by atoms with E-state index in [4.69, 9.17) is 4.74 Å². The van der Waals surface area contributed by atoms with Gasteiger partial charge in [-0.15, -0.1) is 0 Å². The molecule has 0 radical (unpaired) electrons. The van der Waals surface area contributed by atoms with Gasteiger partial charge in [0.1, 0.15) is 12.3 Å². The number of carbonyl (C=O) groups is 1. The topological polar surface area (TPSA) is 38.3 Å². The zero-order valence-electron chi connectivity index (χ0n) is 11.1. The number of nitrogens with one attached hydrogen (secondary N) is 1. The van der Waals surface area contributed by atoms with E-state index < -0.39 is 24.7 Å². The maximum Gasteiger partial charge on any atom is 0.405 e. The third-order valence-electron chi connectivity index (χ3n) is 3.22. The predicted octanol–water partition coefficient (Wildman–Crippen LogP) is 2.62. The molecule has 2 rings (SSSR count). The molecule has 1 aliphatic carbocycles. The Morgan fingerprint density at radius 3 is 2.75 bits per heavy atom. The van der Waals surface area contributed by atoms with Gasteiger partial charge >= 0.3 is 6.18 Å². The van der Waals surface area contributed by atoms with Crippen molar-refractivity contribution in [1.29, 1.82) is 0 Å². The van der Waals surface area contributed by atoms with Crippen molar-refractivity contribution in [3.8, 4) is 5.75 Å². The lowest BCUT2D eigenvalue weighted by molar-refractivity contribution is -0.142. The Morgan fingerprint density at radius 1 is 1.35 bits per heavy atom. The van der Waals surface area contributed by atoms with Crippen LogP contribution in [0.5, 0.6) is 5.75 Å². The lowest BCUT2D eigenvalue weighted by Gasteiger charge is -2.16. The van der Waals surface area contributed by atoms with Gasteiger partial charge in [-0.1, -0.05) is 6.07 Å². The summed E-state index contributed by atoms with van der Waals surface area (Å²) < 4.78 is 41.4. The fourth-order valence-corrected chi connectivity index (χ4v) is 2.21. The predicted molar refractivity (Wildman–Crippen MR) is 67.6 cm³/mol. The van der Waals surface area contributed by atoms with Crippen LogP contribution in [-0.4, -0.2) is 24.7 Å². The zero-order valence-corrected chi connectivity index (χ0v) is 11.1. The number of fused-ring (bicyclic) bond motifs is 1. The first-order valence-corrected chi connectivity index (χ1v) is 6.48. The Kier molecular flexibility index (Phi) is 4.20. The van der Waals surface area contributed by atoms with Gasteiger partial charge in [-0.05, 0) is 49.4 Å². The number of aryl methyl sites for hydroxylation is 2. The molecule has 0 bridgehead atoms. The summed E-state index contributed by atoms with van der Waals surface area (Å²) in [6.45, 7) is 0.0860. The molecule has 1 aromatic rings. The second-order valence-electron chi connectivity index (χ2n) is 4.88. The molecule has 3 nitrogen and oxygen atoms in total. The monoisotopic (exact) mass is 287 g/mol. The van der Waals surface area contributed by atoms with Crippen LogP contribution in [0.1, 0.15) is 24.5 Å². The van der Waals surface area contributed by atoms with E-state index in [1.165, 1.54) is 18.1 Å². The van der Waals surface area contributed by atoms with E-state index in [-0.39, 0.29) is 0 Å². The van der Waals surface area contributed by atoms with Crippen molar-refractivity contribution < 1.29 is 22.7 Å². The van der Waals surface area contributed by atoms with Crippen LogP contribution >= 0.6 is 0 Å². The van der Waals surface area contributed by atoms with Gasteiger partial charge in [-0.25, -0.2) is 0 Å². The summed E-state index contributed by atoms with van der Waals surface area (Å²) in [5.41, 5.74) is 2.46. The van der Waals surface area contributed by atoms with Gasteiger partial charge in [0.2, 0.25) is 0 Å². The molecule has 1 aliphatic rings. The molecule has 6 heteroatoms. The maximum atomic E-state index is 12.0. The molecule has 0 saturated heterocycles. The van der Waals surface area contributed by atoms with Crippen LogP contribution in [0.3, 0.4) is 0 Å². The van der Waals surface area contributed by atoms with Gasteiger partial charge in [0.05, 0.1) is 0 Å². The fraction of sp³-hybridized carbons (Fsp3) is 0.500. The molecule has 0 heterocycles. The summed E-state index contributed by atoms with van der Waals surface area (Å²) in [7, 11) is 0. The number of alkyl halides is 3. The van der Waals surface area contributed by atoms with Crippen molar-refractivity contribution in [2.75, 3.05) is 6.54 Å². The summed E-state index contributed by atoms with van der Waals surface area (Å²) in [5, 5.41) is 1.81. The minimum Gasteiger partial charge on any atom is -0.481 e. The normalized spacial score (nSPS) is 15.6. The average molecular weight is 287 g/mol. The number of carbonyl (C=O) groups excluding carboxylic acids is 1. The zero-order chi connectivity index (χ0) is 14.8. The standard InChI is InChI=1S/C14H16F3NO2/c1-9(13(19)18-8-14(15,16)17)20-12-6-5-10-3-2-4-11(10)7-12/h5-7,9H,2-4,8H2,1H3,(H,18,19). The van der Waals surface area contributed by atoms with Crippen LogP contribution in [0.4, 0.5) is 13.2 Å². The Labute approximate surface area is 115 Å². The van der Waals surface area contributed by atoms with E-state index >= 15 is 0 Å². The minimum atomic E-state index is -4.41. The van der Waals surface area contributed by atoms with Crippen molar-refractivity contribution in [2.24, 2.45) is 0 Å². The third-order valence-corrected chi connectivity index (χ3v) is 3.22. The summed E-state index contributed by atoms with van der Waals surface area (Å²) in [6.07, 6.45) is -2.27. The van der Waals surface area contributed by atoms with Crippen LogP contribution in [0.2, 0.25) is 0 Å². The Hall–Kier alpha value is -1.72. The van der Waals surface area contributed by atoms with Gasteiger partial charge in [0.15, 0.2) is 6.10 Å². The van der Waals surface area contributed by atoms with Crippen molar-refractivity contribution in [3.05, 3.63) is 29.3 Å². The first kappa shape index (κ1) is 14.7. The molecule has 1 aromatic carbocycles. The van der Waals surface area contributed by atoms with Gasteiger partial charge in [-0.2, -0.15) is 13.2 Å². The molecule has 0 saturated carbocycles. The first-order valence-electron chi connectivity index (χ1n) is 6.48. The average Bonchev–Trinajstić information content (AvgIpc) is 2.82. The van der Waals surface area contributed by atoms with Crippen molar-refractivity contribution in [1.82, 2.24) is 5.32 Å². The molecular weight excluding hydrogens is 271 g/mol. The van der Waals surface area contributed by atoms with Crippen LogP contribution in [0, 0.1) is 0 Å². The SMILES string of the molecule is CC(Oc1ccc2c(c1)CCC2)C(=O)NCC(F)(F)F. The fourth-order valence-electron chi connectivity index (χ4n) is 2.21. The van der Waals surface area contributed by atoms with Crippen LogP contribution in [0.15, 0.2) is 18.2 Å². The van der Waals surface area contributed by atoms with Crippen molar-refractivity contribution >= 4 is 5.91 Å². The Balaban J connectivity index is 1.90. The van der Waals surface area contributed by atoms with E-state index in [2.05, 4.69) is 0 Å². The van der Waals surface area contributed by atoms with E-state index in [0.29, 0.717) is 5.75 Å². The highest BCUT2D eigenvalue weighted by Crippen LogP contribution is 2.26. The highest BCUT2D eigenvalue weighted by molar-refractivity contribution is 5.80. The van der Waals surface area contributed by atoms with Crippen molar-refractivity contribution in [2.45, 2.75) is 38.5 Å². The number of amides is 1. The lowest BCUT2D eigenvalue weighted by Crippen LogP contribution is -2.41. The summed E-state index contributed by atoms with van der Waals surface area (Å²) in [5.74, 6) is -0.261. The summed E-state index contributed by atoms with van der Waals surface area (Å²) in [4.78, 5) is 11.5. The van der Waals surface area contributed by atoms with Crippen molar-refractivity contribution in [3.63, 3.8) is 0 Å². The van der Waals surface area contributed by atoms with Crippen LogP contribution in [-0.2, 0) is 17.6 Å². The molecule has 0 aromatic heterocycles. The van der Waals surface area contributed by atoms with Gasteiger partial charge < -0.3 is 10.1 Å². The summed E-state index contributed by atoms with van der Waals surface area (Å²) >= 11 is 0. The largest absolute Gasteiger partial charge is 0.481 e. The summed E-state index contributed by atoms with van der Waals surface area (Å²) in [6, 6.07) is 5.55. The van der Waals surface area contributed by atoms with Gasteiger partial charge in [0.25, 0.3) is 5.91 Å². The first-order chi connectivity index (χ1) is 9.35.